The molecule has 3 rings (SSSR count). The molecule has 2 aromatic rings. The molecule has 0 unspecified atom stereocenters. The fraction of sp³-hybridized carbons (Fsp3) is 0.294. The minimum Gasteiger partial charge on any atom is -0.497 e. The highest BCUT2D eigenvalue weighted by molar-refractivity contribution is 6.05. The van der Waals surface area contributed by atoms with E-state index in [4.69, 9.17) is 9.84 Å². The lowest BCUT2D eigenvalue weighted by Crippen LogP contribution is -2.32. The summed E-state index contributed by atoms with van der Waals surface area (Å²) in [5.41, 5.74) is 1.83. The Kier molecular flexibility index (Phi) is 4.41. The maximum Gasteiger partial charge on any atom is 0.356 e. The summed E-state index contributed by atoms with van der Waals surface area (Å²) < 4.78 is 5.26. The molecule has 0 aliphatic carbocycles. The van der Waals surface area contributed by atoms with Crippen LogP contribution in [-0.2, 0) is 6.42 Å². The second kappa shape index (κ2) is 6.66. The van der Waals surface area contributed by atoms with Crippen molar-refractivity contribution >= 4 is 17.6 Å². The number of aryl methyl sites for hydroxylation is 1. The van der Waals surface area contributed by atoms with Gasteiger partial charge in [0.05, 0.1) is 19.5 Å². The van der Waals surface area contributed by atoms with E-state index in [9.17, 15) is 9.59 Å². The van der Waals surface area contributed by atoms with Crippen LogP contribution in [-0.4, -0.2) is 40.6 Å². The predicted molar refractivity (Wildman–Crippen MR) is 86.6 cm³/mol. The van der Waals surface area contributed by atoms with Gasteiger partial charge in [0.2, 0.25) is 0 Å². The van der Waals surface area contributed by atoms with Crippen LogP contribution in [0.4, 0.5) is 5.69 Å². The number of rotatable bonds is 3. The third kappa shape index (κ3) is 3.05. The summed E-state index contributed by atoms with van der Waals surface area (Å²) in [6.07, 6.45) is 5.04. The zero-order chi connectivity index (χ0) is 17.1. The van der Waals surface area contributed by atoms with Crippen LogP contribution in [0.1, 0.15) is 39.4 Å². The molecule has 0 fully saturated rings. The van der Waals surface area contributed by atoms with E-state index in [-0.39, 0.29) is 17.3 Å². The summed E-state index contributed by atoms with van der Waals surface area (Å²) in [7, 11) is 1.61. The number of ether oxygens (including phenoxy) is 1. The molecule has 0 bridgehead atoms. The highest BCUT2D eigenvalue weighted by atomic mass is 16.5. The van der Waals surface area contributed by atoms with Gasteiger partial charge in [0.1, 0.15) is 11.4 Å². The van der Waals surface area contributed by atoms with E-state index in [0.717, 1.165) is 42.5 Å². The number of amides is 1. The molecule has 1 aliphatic rings. The fourth-order valence-electron chi connectivity index (χ4n) is 2.76. The van der Waals surface area contributed by atoms with E-state index in [1.165, 1.54) is 6.20 Å². The Morgan fingerprint density at radius 1 is 1.17 bits per heavy atom. The molecule has 2 heterocycles. The number of carboxylic acids is 1. The van der Waals surface area contributed by atoms with Crippen molar-refractivity contribution < 1.29 is 19.4 Å². The second-order valence-corrected chi connectivity index (χ2v) is 5.50. The molecule has 0 saturated carbocycles. The Labute approximate surface area is 138 Å². The first kappa shape index (κ1) is 15.9. The van der Waals surface area contributed by atoms with Gasteiger partial charge in [0.25, 0.3) is 5.91 Å². The molecular weight excluding hydrogens is 310 g/mol. The van der Waals surface area contributed by atoms with E-state index in [2.05, 4.69) is 9.97 Å². The highest BCUT2D eigenvalue weighted by Gasteiger charge is 2.24. The monoisotopic (exact) mass is 327 g/mol. The average molecular weight is 327 g/mol. The minimum absolute atomic E-state index is 0.128. The van der Waals surface area contributed by atoms with Gasteiger partial charge in [-0.25, -0.2) is 14.8 Å². The Hall–Kier alpha value is -2.96. The van der Waals surface area contributed by atoms with Crippen LogP contribution in [0.3, 0.4) is 0 Å². The zero-order valence-corrected chi connectivity index (χ0v) is 13.2. The summed E-state index contributed by atoms with van der Waals surface area (Å²) in [4.78, 5) is 33.0. The van der Waals surface area contributed by atoms with Crippen LogP contribution < -0.4 is 9.64 Å². The lowest BCUT2D eigenvalue weighted by atomic mass is 10.1. The SMILES string of the molecule is COc1ccc2c(c1)CCCCN2C(=O)c1cnc(C(=O)O)cn1. The number of hydrogen-bond donors (Lipinski definition) is 1. The first-order valence-corrected chi connectivity index (χ1v) is 7.64. The van der Waals surface area contributed by atoms with Crippen molar-refractivity contribution in [2.24, 2.45) is 0 Å². The molecule has 0 saturated heterocycles. The molecular formula is C17H17N3O4. The van der Waals surface area contributed by atoms with E-state index in [1.807, 2.05) is 18.2 Å². The normalized spacial score (nSPS) is 13.8. The number of anilines is 1. The van der Waals surface area contributed by atoms with Crippen LogP contribution in [0, 0.1) is 0 Å². The van der Waals surface area contributed by atoms with Gasteiger partial charge in [-0.1, -0.05) is 0 Å². The number of hydrogen-bond acceptors (Lipinski definition) is 5. The van der Waals surface area contributed by atoms with Crippen LogP contribution in [0.5, 0.6) is 5.75 Å². The van der Waals surface area contributed by atoms with Gasteiger partial charge in [0, 0.05) is 12.2 Å². The van der Waals surface area contributed by atoms with Crippen LogP contribution in [0.2, 0.25) is 0 Å². The first-order chi connectivity index (χ1) is 11.6. The van der Waals surface area contributed by atoms with E-state index in [0.29, 0.717) is 6.54 Å². The number of carboxylic acid groups (broad SMARTS) is 1. The van der Waals surface area contributed by atoms with Crippen molar-refractivity contribution in [1.82, 2.24) is 9.97 Å². The smallest absolute Gasteiger partial charge is 0.356 e. The number of carbonyl (C=O) groups excluding carboxylic acids is 1. The molecule has 0 atom stereocenters. The zero-order valence-electron chi connectivity index (χ0n) is 13.2. The minimum atomic E-state index is -1.17. The Balaban J connectivity index is 1.93. The number of benzene rings is 1. The van der Waals surface area contributed by atoms with Gasteiger partial charge in [-0.05, 0) is 43.0 Å². The van der Waals surface area contributed by atoms with E-state index < -0.39 is 5.97 Å². The molecule has 124 valence electrons. The Bertz CT molecular complexity index is 774. The van der Waals surface area contributed by atoms with E-state index >= 15 is 0 Å². The lowest BCUT2D eigenvalue weighted by molar-refractivity contribution is 0.0689. The van der Waals surface area contributed by atoms with Crippen LogP contribution in [0.15, 0.2) is 30.6 Å². The lowest BCUT2D eigenvalue weighted by Gasteiger charge is -2.22. The number of fused-ring (bicyclic) bond motifs is 1. The number of methoxy groups -OCH3 is 1. The molecule has 1 N–H and O–H groups in total. The van der Waals surface area contributed by atoms with Crippen molar-refractivity contribution in [2.75, 3.05) is 18.6 Å². The molecule has 1 aromatic heterocycles. The Morgan fingerprint density at radius 3 is 2.58 bits per heavy atom. The van der Waals surface area contributed by atoms with Crippen molar-refractivity contribution in [3.05, 3.63) is 47.5 Å². The number of carbonyl (C=O) groups is 2. The summed E-state index contributed by atoms with van der Waals surface area (Å²) in [6, 6.07) is 5.64. The van der Waals surface area contributed by atoms with E-state index in [1.54, 1.807) is 12.0 Å². The molecule has 0 spiro atoms. The third-order valence-corrected chi connectivity index (χ3v) is 3.99. The molecule has 1 aliphatic heterocycles. The third-order valence-electron chi connectivity index (χ3n) is 3.99. The Morgan fingerprint density at radius 2 is 1.92 bits per heavy atom. The molecule has 1 aromatic carbocycles. The van der Waals surface area contributed by atoms with Gasteiger partial charge >= 0.3 is 5.97 Å². The van der Waals surface area contributed by atoms with Crippen molar-refractivity contribution in [3.8, 4) is 5.75 Å². The number of aromatic nitrogens is 2. The molecule has 0 radical (unpaired) electrons. The van der Waals surface area contributed by atoms with Crippen molar-refractivity contribution in [3.63, 3.8) is 0 Å². The summed E-state index contributed by atoms with van der Waals surface area (Å²) in [5.74, 6) is -0.699. The maximum atomic E-state index is 12.8. The molecule has 7 heteroatoms. The molecule has 1 amide bonds. The summed E-state index contributed by atoms with van der Waals surface area (Å²) in [6.45, 7) is 0.584. The topological polar surface area (TPSA) is 92.6 Å². The van der Waals surface area contributed by atoms with Crippen LogP contribution in [0.25, 0.3) is 0 Å². The quantitative estimate of drug-likeness (QED) is 0.929. The fourth-order valence-corrected chi connectivity index (χ4v) is 2.76. The molecule has 7 nitrogen and oxygen atoms in total. The standard InChI is InChI=1S/C17H17N3O4/c1-24-12-5-6-15-11(8-12)4-2-3-7-20(15)16(21)13-9-19-14(10-18-13)17(22)23/h5-6,8-10H,2-4,7H2,1H3,(H,22,23). The molecule has 24 heavy (non-hydrogen) atoms. The number of nitrogens with zero attached hydrogens (tertiary/aromatic N) is 3. The van der Waals surface area contributed by atoms with Gasteiger partial charge in [-0.15, -0.1) is 0 Å². The second-order valence-electron chi connectivity index (χ2n) is 5.50. The van der Waals surface area contributed by atoms with Gasteiger partial charge in [-0.2, -0.15) is 0 Å². The predicted octanol–water partition coefficient (Wildman–Crippen LogP) is 2.17. The van der Waals surface area contributed by atoms with Gasteiger partial charge in [0.15, 0.2) is 5.69 Å². The van der Waals surface area contributed by atoms with Gasteiger partial charge < -0.3 is 14.7 Å². The van der Waals surface area contributed by atoms with Crippen molar-refractivity contribution in [1.29, 1.82) is 0 Å². The highest BCUT2D eigenvalue weighted by Crippen LogP contribution is 2.30. The summed E-state index contributed by atoms with van der Waals surface area (Å²) >= 11 is 0. The number of aromatic carboxylic acids is 1. The largest absolute Gasteiger partial charge is 0.497 e. The maximum absolute atomic E-state index is 12.8. The van der Waals surface area contributed by atoms with Crippen LogP contribution >= 0.6 is 0 Å². The van der Waals surface area contributed by atoms with Crippen molar-refractivity contribution in [2.45, 2.75) is 19.3 Å². The summed E-state index contributed by atoms with van der Waals surface area (Å²) in [5, 5.41) is 8.87. The van der Waals surface area contributed by atoms with Gasteiger partial charge in [-0.3, -0.25) is 4.79 Å². The average Bonchev–Trinajstić information content (AvgIpc) is 2.82. The first-order valence-electron chi connectivity index (χ1n) is 7.64.